The van der Waals surface area contributed by atoms with Crippen LogP contribution in [0.4, 0.5) is 0 Å². The zero-order valence-corrected chi connectivity index (χ0v) is 9.91. The van der Waals surface area contributed by atoms with Crippen LogP contribution in [-0.4, -0.2) is 31.2 Å². The Balaban J connectivity index is 2.03. The van der Waals surface area contributed by atoms with Crippen LogP contribution in [-0.2, 0) is 17.8 Å². The van der Waals surface area contributed by atoms with Gasteiger partial charge in [-0.2, -0.15) is 0 Å². The van der Waals surface area contributed by atoms with Gasteiger partial charge in [0.25, 0.3) is 0 Å². The highest BCUT2D eigenvalue weighted by atomic mass is 16.5. The topological polar surface area (TPSA) is 38.5 Å². The zero-order chi connectivity index (χ0) is 11.4. The number of morpholine rings is 1. The number of nitrogens with two attached hydrogens (primary N) is 1. The molecule has 1 heterocycles. The second-order valence-electron chi connectivity index (χ2n) is 4.35. The Labute approximate surface area is 97.2 Å². The third-order valence-electron chi connectivity index (χ3n) is 3.14. The summed E-state index contributed by atoms with van der Waals surface area (Å²) < 4.78 is 5.35. The van der Waals surface area contributed by atoms with Crippen molar-refractivity contribution >= 4 is 0 Å². The maximum absolute atomic E-state index is 5.63. The van der Waals surface area contributed by atoms with E-state index in [1.165, 1.54) is 16.7 Å². The van der Waals surface area contributed by atoms with Crippen LogP contribution in [0.5, 0.6) is 0 Å². The van der Waals surface area contributed by atoms with Crippen molar-refractivity contribution < 1.29 is 4.74 Å². The van der Waals surface area contributed by atoms with Crippen LogP contribution >= 0.6 is 0 Å². The first-order valence-electron chi connectivity index (χ1n) is 5.88. The van der Waals surface area contributed by atoms with E-state index >= 15 is 0 Å². The van der Waals surface area contributed by atoms with Gasteiger partial charge in [0, 0.05) is 26.2 Å². The Bertz CT molecular complexity index is 346. The normalized spacial score (nSPS) is 17.6. The number of nitrogens with zero attached hydrogens (tertiary/aromatic N) is 1. The molecule has 0 amide bonds. The molecule has 2 N–H and O–H groups in total. The maximum atomic E-state index is 5.63. The number of ether oxygens (including phenoxy) is 1. The number of hydrogen-bond acceptors (Lipinski definition) is 3. The molecule has 16 heavy (non-hydrogen) atoms. The van der Waals surface area contributed by atoms with Gasteiger partial charge in [-0.05, 0) is 23.6 Å². The molecule has 0 aromatic heterocycles. The SMILES string of the molecule is Cc1cc(CN)ccc1CN1CCOCC1. The molecular weight excluding hydrogens is 200 g/mol. The van der Waals surface area contributed by atoms with Gasteiger partial charge in [0.15, 0.2) is 0 Å². The summed E-state index contributed by atoms with van der Waals surface area (Å²) in [6, 6.07) is 6.52. The first kappa shape index (κ1) is 11.6. The molecule has 1 aromatic rings. The summed E-state index contributed by atoms with van der Waals surface area (Å²) in [5, 5.41) is 0. The molecule has 0 saturated carbocycles. The second kappa shape index (κ2) is 5.43. The standard InChI is InChI=1S/C13H20N2O/c1-11-8-12(9-14)2-3-13(11)10-15-4-6-16-7-5-15/h2-3,8H,4-7,9-10,14H2,1H3. The monoisotopic (exact) mass is 220 g/mol. The number of rotatable bonds is 3. The van der Waals surface area contributed by atoms with Crippen LogP contribution in [0.15, 0.2) is 18.2 Å². The third-order valence-corrected chi connectivity index (χ3v) is 3.14. The molecule has 0 spiro atoms. The van der Waals surface area contributed by atoms with E-state index in [0.29, 0.717) is 6.54 Å². The first-order chi connectivity index (χ1) is 7.79. The summed E-state index contributed by atoms with van der Waals surface area (Å²) in [7, 11) is 0. The lowest BCUT2D eigenvalue weighted by atomic mass is 10.0. The Hall–Kier alpha value is -0.900. The fraction of sp³-hybridized carbons (Fsp3) is 0.538. The van der Waals surface area contributed by atoms with Crippen LogP contribution in [0.2, 0.25) is 0 Å². The summed E-state index contributed by atoms with van der Waals surface area (Å²) in [6.45, 7) is 7.61. The van der Waals surface area contributed by atoms with Gasteiger partial charge in [-0.3, -0.25) is 4.90 Å². The fourth-order valence-corrected chi connectivity index (χ4v) is 2.06. The van der Waals surface area contributed by atoms with Crippen LogP contribution < -0.4 is 5.73 Å². The van der Waals surface area contributed by atoms with Crippen molar-refractivity contribution in [3.63, 3.8) is 0 Å². The highest BCUT2D eigenvalue weighted by Crippen LogP contribution is 2.14. The molecule has 0 aliphatic carbocycles. The van der Waals surface area contributed by atoms with E-state index in [0.717, 1.165) is 32.8 Å². The van der Waals surface area contributed by atoms with E-state index in [2.05, 4.69) is 30.0 Å². The highest BCUT2D eigenvalue weighted by molar-refractivity contribution is 5.31. The molecule has 1 aliphatic heterocycles. The molecule has 88 valence electrons. The first-order valence-corrected chi connectivity index (χ1v) is 5.88. The van der Waals surface area contributed by atoms with Crippen LogP contribution in [0.25, 0.3) is 0 Å². The molecule has 2 rings (SSSR count). The van der Waals surface area contributed by atoms with E-state index in [9.17, 15) is 0 Å². The van der Waals surface area contributed by atoms with Gasteiger partial charge in [-0.25, -0.2) is 0 Å². The Morgan fingerprint density at radius 2 is 2.06 bits per heavy atom. The molecule has 1 aliphatic rings. The molecular formula is C13H20N2O. The van der Waals surface area contributed by atoms with E-state index in [1.807, 2.05) is 0 Å². The van der Waals surface area contributed by atoms with Gasteiger partial charge in [0.1, 0.15) is 0 Å². The highest BCUT2D eigenvalue weighted by Gasteiger charge is 2.11. The molecule has 3 heteroatoms. The quantitative estimate of drug-likeness (QED) is 0.834. The van der Waals surface area contributed by atoms with Crippen molar-refractivity contribution in [3.05, 3.63) is 34.9 Å². The summed E-state index contributed by atoms with van der Waals surface area (Å²) in [6.07, 6.45) is 0. The van der Waals surface area contributed by atoms with Crippen molar-refractivity contribution in [1.82, 2.24) is 4.90 Å². The van der Waals surface area contributed by atoms with Crippen molar-refractivity contribution in [3.8, 4) is 0 Å². The van der Waals surface area contributed by atoms with E-state index < -0.39 is 0 Å². The van der Waals surface area contributed by atoms with E-state index in [1.54, 1.807) is 0 Å². The molecule has 0 atom stereocenters. The van der Waals surface area contributed by atoms with Crippen molar-refractivity contribution in [2.45, 2.75) is 20.0 Å². The average Bonchev–Trinajstić information content (AvgIpc) is 2.33. The predicted octanol–water partition coefficient (Wildman–Crippen LogP) is 1.29. The Kier molecular flexibility index (Phi) is 3.93. The molecule has 1 fully saturated rings. The average molecular weight is 220 g/mol. The molecule has 1 saturated heterocycles. The molecule has 0 bridgehead atoms. The van der Waals surface area contributed by atoms with Crippen molar-refractivity contribution in [2.75, 3.05) is 26.3 Å². The summed E-state index contributed by atoms with van der Waals surface area (Å²) in [5.41, 5.74) is 9.58. The van der Waals surface area contributed by atoms with Crippen LogP contribution in [0.3, 0.4) is 0 Å². The Morgan fingerprint density at radius 1 is 1.31 bits per heavy atom. The van der Waals surface area contributed by atoms with Crippen LogP contribution in [0, 0.1) is 6.92 Å². The smallest absolute Gasteiger partial charge is 0.0594 e. The predicted molar refractivity (Wildman–Crippen MR) is 65.2 cm³/mol. The minimum atomic E-state index is 0.624. The van der Waals surface area contributed by atoms with Crippen molar-refractivity contribution in [1.29, 1.82) is 0 Å². The lowest BCUT2D eigenvalue weighted by Crippen LogP contribution is -2.35. The minimum Gasteiger partial charge on any atom is -0.379 e. The second-order valence-corrected chi connectivity index (χ2v) is 4.35. The van der Waals surface area contributed by atoms with Gasteiger partial charge in [-0.1, -0.05) is 18.2 Å². The van der Waals surface area contributed by atoms with Crippen molar-refractivity contribution in [2.24, 2.45) is 5.73 Å². The number of benzene rings is 1. The van der Waals surface area contributed by atoms with Gasteiger partial charge in [0.05, 0.1) is 13.2 Å². The molecule has 3 nitrogen and oxygen atoms in total. The Morgan fingerprint density at radius 3 is 2.69 bits per heavy atom. The lowest BCUT2D eigenvalue weighted by molar-refractivity contribution is 0.0341. The third kappa shape index (κ3) is 2.82. The van der Waals surface area contributed by atoms with Gasteiger partial charge in [-0.15, -0.1) is 0 Å². The molecule has 0 unspecified atom stereocenters. The van der Waals surface area contributed by atoms with Gasteiger partial charge >= 0.3 is 0 Å². The molecule has 1 aromatic carbocycles. The number of aryl methyl sites for hydroxylation is 1. The van der Waals surface area contributed by atoms with Gasteiger partial charge in [0.2, 0.25) is 0 Å². The zero-order valence-electron chi connectivity index (χ0n) is 9.91. The number of hydrogen-bond donors (Lipinski definition) is 1. The summed E-state index contributed by atoms with van der Waals surface area (Å²) >= 11 is 0. The fourth-order valence-electron chi connectivity index (χ4n) is 2.06. The summed E-state index contributed by atoms with van der Waals surface area (Å²) in [5.74, 6) is 0. The lowest BCUT2D eigenvalue weighted by Gasteiger charge is -2.27. The van der Waals surface area contributed by atoms with Crippen LogP contribution in [0.1, 0.15) is 16.7 Å². The van der Waals surface area contributed by atoms with Gasteiger partial charge < -0.3 is 10.5 Å². The minimum absolute atomic E-state index is 0.624. The molecule has 0 radical (unpaired) electrons. The van der Waals surface area contributed by atoms with E-state index in [-0.39, 0.29) is 0 Å². The largest absolute Gasteiger partial charge is 0.379 e. The van der Waals surface area contributed by atoms with E-state index in [4.69, 9.17) is 10.5 Å². The maximum Gasteiger partial charge on any atom is 0.0594 e. The summed E-state index contributed by atoms with van der Waals surface area (Å²) in [4.78, 5) is 2.44.